The Labute approximate surface area is 108 Å². The van der Waals surface area contributed by atoms with Crippen LogP contribution in [-0.2, 0) is 5.54 Å². The molecule has 1 aromatic heterocycles. The highest BCUT2D eigenvalue weighted by molar-refractivity contribution is 5.31. The van der Waals surface area contributed by atoms with E-state index in [1.807, 2.05) is 0 Å². The molecule has 8 nitrogen and oxygen atoms in total. The first kappa shape index (κ1) is 13.7. The molecule has 0 bridgehead atoms. The second kappa shape index (κ2) is 4.74. The van der Waals surface area contributed by atoms with Crippen LogP contribution < -0.4 is 11.4 Å². The molecule has 0 aromatic carbocycles. The Balaban J connectivity index is 2.61. The number of nitrogen functional groups attached to an aromatic ring is 1. The van der Waals surface area contributed by atoms with Gasteiger partial charge in [-0.3, -0.25) is 4.57 Å². The van der Waals surface area contributed by atoms with E-state index in [2.05, 4.69) is 4.98 Å². The number of hydrogen-bond acceptors (Lipinski definition) is 7. The van der Waals surface area contributed by atoms with Crippen LogP contribution in [0, 0.1) is 0 Å². The molecule has 0 radical (unpaired) electrons. The maximum absolute atomic E-state index is 11.8. The Morgan fingerprint density at radius 1 is 1.42 bits per heavy atom. The third kappa shape index (κ3) is 1.94. The van der Waals surface area contributed by atoms with Crippen LogP contribution in [-0.4, -0.2) is 55.4 Å². The molecule has 1 heterocycles. The van der Waals surface area contributed by atoms with Crippen molar-refractivity contribution in [3.63, 3.8) is 0 Å². The molecule has 19 heavy (non-hydrogen) atoms. The molecule has 8 heteroatoms. The SMILES string of the molecule is Nc1ccn(C2(CO)C=C(CO)C(O)C2O)c(=O)n1. The molecule has 6 N–H and O–H groups in total. The summed E-state index contributed by atoms with van der Waals surface area (Å²) < 4.78 is 0.986. The Hall–Kier alpha value is -1.74. The predicted molar refractivity (Wildman–Crippen MR) is 65.2 cm³/mol. The van der Waals surface area contributed by atoms with Crippen LogP contribution in [0.5, 0.6) is 0 Å². The monoisotopic (exact) mass is 269 g/mol. The average Bonchev–Trinajstić information content (AvgIpc) is 2.64. The number of anilines is 1. The van der Waals surface area contributed by atoms with Gasteiger partial charge in [-0.25, -0.2) is 4.79 Å². The number of aliphatic hydroxyl groups excluding tert-OH is 4. The second-order valence-corrected chi connectivity index (χ2v) is 4.42. The van der Waals surface area contributed by atoms with Crippen molar-refractivity contribution < 1.29 is 20.4 Å². The molecule has 0 fully saturated rings. The summed E-state index contributed by atoms with van der Waals surface area (Å²) in [6.45, 7) is -1.13. The third-order valence-electron chi connectivity index (χ3n) is 3.34. The highest BCUT2D eigenvalue weighted by atomic mass is 16.3. The zero-order valence-electron chi connectivity index (χ0n) is 9.97. The zero-order chi connectivity index (χ0) is 14.2. The first-order chi connectivity index (χ1) is 8.96. The number of aliphatic hydroxyl groups is 4. The van der Waals surface area contributed by atoms with Gasteiger partial charge in [0, 0.05) is 6.20 Å². The van der Waals surface area contributed by atoms with Crippen molar-refractivity contribution >= 4 is 5.82 Å². The van der Waals surface area contributed by atoms with Gasteiger partial charge in [0.15, 0.2) is 0 Å². The van der Waals surface area contributed by atoms with Gasteiger partial charge in [-0.05, 0) is 17.7 Å². The van der Waals surface area contributed by atoms with Gasteiger partial charge in [0.1, 0.15) is 23.6 Å². The average molecular weight is 269 g/mol. The maximum atomic E-state index is 11.8. The van der Waals surface area contributed by atoms with E-state index >= 15 is 0 Å². The van der Waals surface area contributed by atoms with E-state index in [0.717, 1.165) is 4.57 Å². The molecule has 2 rings (SSSR count). The summed E-state index contributed by atoms with van der Waals surface area (Å²) in [6, 6.07) is 1.34. The third-order valence-corrected chi connectivity index (χ3v) is 3.34. The predicted octanol–water partition coefficient (Wildman–Crippen LogP) is -2.83. The lowest BCUT2D eigenvalue weighted by Crippen LogP contribution is -2.52. The van der Waals surface area contributed by atoms with Crippen molar-refractivity contribution in [3.05, 3.63) is 34.4 Å². The highest BCUT2D eigenvalue weighted by Gasteiger charge is 2.48. The smallest absolute Gasteiger partial charge is 0.350 e. The standard InChI is InChI=1S/C11H15N3O5/c12-7-1-2-14(10(19)13-7)11(5-16)3-6(4-15)8(17)9(11)18/h1-3,8-9,15-18H,4-5H2,(H2,12,13,19). The summed E-state index contributed by atoms with van der Waals surface area (Å²) in [4.78, 5) is 15.3. The fourth-order valence-electron chi connectivity index (χ4n) is 2.27. The van der Waals surface area contributed by atoms with Gasteiger partial charge >= 0.3 is 5.69 Å². The lowest BCUT2D eigenvalue weighted by Gasteiger charge is -2.32. The van der Waals surface area contributed by atoms with Crippen molar-refractivity contribution in [1.82, 2.24) is 9.55 Å². The fourth-order valence-corrected chi connectivity index (χ4v) is 2.27. The minimum absolute atomic E-state index is 0.00809. The van der Waals surface area contributed by atoms with Gasteiger partial charge in [-0.15, -0.1) is 0 Å². The Morgan fingerprint density at radius 3 is 2.58 bits per heavy atom. The summed E-state index contributed by atoms with van der Waals surface area (Å²) in [6.07, 6.45) is -0.278. The highest BCUT2D eigenvalue weighted by Crippen LogP contribution is 2.34. The molecular weight excluding hydrogens is 254 g/mol. The molecule has 1 aliphatic rings. The van der Waals surface area contributed by atoms with Crippen molar-refractivity contribution in [2.24, 2.45) is 0 Å². The minimum Gasteiger partial charge on any atom is -0.393 e. The molecule has 0 saturated carbocycles. The van der Waals surface area contributed by atoms with Crippen molar-refractivity contribution in [2.75, 3.05) is 18.9 Å². The summed E-state index contributed by atoms with van der Waals surface area (Å²) >= 11 is 0. The molecule has 1 aromatic rings. The minimum atomic E-state index is -1.56. The number of hydrogen-bond donors (Lipinski definition) is 5. The lowest BCUT2D eigenvalue weighted by molar-refractivity contribution is -0.0319. The number of nitrogens with two attached hydrogens (primary N) is 1. The quantitative estimate of drug-likeness (QED) is 0.372. The number of nitrogens with zero attached hydrogens (tertiary/aromatic N) is 2. The lowest BCUT2D eigenvalue weighted by atomic mass is 9.95. The van der Waals surface area contributed by atoms with E-state index in [9.17, 15) is 20.1 Å². The molecule has 0 saturated heterocycles. The molecule has 1 aliphatic carbocycles. The summed E-state index contributed by atoms with van der Waals surface area (Å²) in [5, 5.41) is 38.5. The fraction of sp³-hybridized carbons (Fsp3) is 0.455. The Kier molecular flexibility index (Phi) is 3.42. The van der Waals surface area contributed by atoms with Gasteiger partial charge in [0.2, 0.25) is 0 Å². The normalized spacial score (nSPS) is 30.4. The van der Waals surface area contributed by atoms with E-state index < -0.39 is 36.7 Å². The summed E-state index contributed by atoms with van der Waals surface area (Å²) in [5.41, 5.74) is 3.17. The van der Waals surface area contributed by atoms with Crippen LogP contribution in [0.3, 0.4) is 0 Å². The van der Waals surface area contributed by atoms with E-state index in [4.69, 9.17) is 10.8 Å². The molecular formula is C11H15N3O5. The Bertz CT molecular complexity index is 570. The molecule has 3 unspecified atom stereocenters. The zero-order valence-corrected chi connectivity index (χ0v) is 9.97. The van der Waals surface area contributed by atoms with Gasteiger partial charge in [-0.1, -0.05) is 0 Å². The van der Waals surface area contributed by atoms with Crippen LogP contribution >= 0.6 is 0 Å². The number of rotatable bonds is 3. The van der Waals surface area contributed by atoms with Gasteiger partial charge < -0.3 is 26.2 Å². The van der Waals surface area contributed by atoms with Crippen LogP contribution in [0.15, 0.2) is 28.7 Å². The van der Waals surface area contributed by atoms with E-state index in [0.29, 0.717) is 0 Å². The summed E-state index contributed by atoms with van der Waals surface area (Å²) in [7, 11) is 0. The molecule has 3 atom stereocenters. The molecule has 0 amide bonds. The van der Waals surface area contributed by atoms with Crippen molar-refractivity contribution in [1.29, 1.82) is 0 Å². The number of aromatic nitrogens is 2. The van der Waals surface area contributed by atoms with Gasteiger partial charge in [0.25, 0.3) is 0 Å². The van der Waals surface area contributed by atoms with Crippen molar-refractivity contribution in [2.45, 2.75) is 17.7 Å². The van der Waals surface area contributed by atoms with Crippen LogP contribution in [0.4, 0.5) is 5.82 Å². The van der Waals surface area contributed by atoms with Crippen molar-refractivity contribution in [3.8, 4) is 0 Å². The second-order valence-electron chi connectivity index (χ2n) is 4.42. The van der Waals surface area contributed by atoms with Crippen LogP contribution in [0.25, 0.3) is 0 Å². The topological polar surface area (TPSA) is 142 Å². The van der Waals surface area contributed by atoms with Crippen LogP contribution in [0.2, 0.25) is 0 Å². The van der Waals surface area contributed by atoms with E-state index in [1.165, 1.54) is 18.3 Å². The van der Waals surface area contributed by atoms with Gasteiger partial charge in [0.05, 0.1) is 13.2 Å². The molecule has 0 spiro atoms. The largest absolute Gasteiger partial charge is 0.393 e. The van der Waals surface area contributed by atoms with Gasteiger partial charge in [-0.2, -0.15) is 4.98 Å². The first-order valence-corrected chi connectivity index (χ1v) is 5.61. The first-order valence-electron chi connectivity index (χ1n) is 5.61. The molecule has 0 aliphatic heterocycles. The van der Waals surface area contributed by atoms with E-state index in [-0.39, 0.29) is 11.4 Å². The molecule has 104 valence electrons. The maximum Gasteiger partial charge on any atom is 0.350 e. The van der Waals surface area contributed by atoms with Crippen LogP contribution in [0.1, 0.15) is 0 Å². The summed E-state index contributed by atoms with van der Waals surface area (Å²) in [5.74, 6) is 0.00809. The Morgan fingerprint density at radius 2 is 2.11 bits per heavy atom. The van der Waals surface area contributed by atoms with E-state index in [1.54, 1.807) is 0 Å².